The maximum atomic E-state index is 13.3. The number of piperidine rings is 1. The molecule has 2 aliphatic rings. The van der Waals surface area contributed by atoms with Crippen molar-refractivity contribution in [2.75, 3.05) is 13.1 Å². The zero-order chi connectivity index (χ0) is 21.4. The van der Waals surface area contributed by atoms with E-state index in [4.69, 9.17) is 4.74 Å². The van der Waals surface area contributed by atoms with Crippen LogP contribution in [0.2, 0.25) is 0 Å². The molecule has 0 bridgehead atoms. The highest BCUT2D eigenvalue weighted by molar-refractivity contribution is 5.82. The van der Waals surface area contributed by atoms with E-state index in [-0.39, 0.29) is 23.7 Å². The van der Waals surface area contributed by atoms with Gasteiger partial charge in [0, 0.05) is 24.5 Å². The first-order chi connectivity index (χ1) is 13.4. The van der Waals surface area contributed by atoms with Gasteiger partial charge >= 0.3 is 12.1 Å². The van der Waals surface area contributed by atoms with Gasteiger partial charge in [-0.15, -0.1) is 0 Å². The maximum absolute atomic E-state index is 13.3. The number of halogens is 4. The predicted octanol–water partition coefficient (Wildman–Crippen LogP) is 4.01. The predicted molar refractivity (Wildman–Crippen MR) is 101 cm³/mol. The summed E-state index contributed by atoms with van der Waals surface area (Å²) < 4.78 is 57.7. The number of hydrogen-bond donors (Lipinski definition) is 1. The van der Waals surface area contributed by atoms with Crippen molar-refractivity contribution in [1.29, 1.82) is 0 Å². The molecule has 0 radical (unpaired) electrons. The standard InChI is InChI=1S/C21H28F4N2O2/c1-20(2,3)29-16-10-15(11-16)27-9-8-17(13-4-6-14(22)7-5-13)18(12-27)26-19(28)21(23,24)25/h4-7,15-18H,8-12H2,1-3H3,(H,26,28)/t15?,16?,17-,18-/m1/s1. The number of nitrogens with zero attached hydrogens (tertiary/aromatic N) is 1. The molecule has 3 rings (SSSR count). The van der Waals surface area contributed by atoms with Crippen molar-refractivity contribution in [3.63, 3.8) is 0 Å². The summed E-state index contributed by atoms with van der Waals surface area (Å²) in [6.07, 6.45) is -2.53. The highest BCUT2D eigenvalue weighted by atomic mass is 19.4. The van der Waals surface area contributed by atoms with E-state index in [1.807, 2.05) is 20.8 Å². The summed E-state index contributed by atoms with van der Waals surface area (Å²) in [4.78, 5) is 13.7. The van der Waals surface area contributed by atoms with Gasteiger partial charge in [-0.25, -0.2) is 4.39 Å². The quantitative estimate of drug-likeness (QED) is 0.755. The van der Waals surface area contributed by atoms with E-state index in [0.29, 0.717) is 19.5 Å². The Balaban J connectivity index is 1.68. The van der Waals surface area contributed by atoms with Gasteiger partial charge in [0.15, 0.2) is 0 Å². The maximum Gasteiger partial charge on any atom is 0.471 e. The number of benzene rings is 1. The first kappa shape index (κ1) is 22.0. The van der Waals surface area contributed by atoms with Gasteiger partial charge in [0.1, 0.15) is 5.82 Å². The topological polar surface area (TPSA) is 41.6 Å². The first-order valence-electron chi connectivity index (χ1n) is 9.97. The minimum absolute atomic E-state index is 0.151. The molecule has 1 aliphatic carbocycles. The minimum Gasteiger partial charge on any atom is -0.373 e. The van der Waals surface area contributed by atoms with E-state index in [2.05, 4.69) is 10.2 Å². The van der Waals surface area contributed by atoms with Crippen LogP contribution in [-0.4, -0.2) is 53.9 Å². The molecule has 8 heteroatoms. The highest BCUT2D eigenvalue weighted by Gasteiger charge is 2.44. The molecule has 1 saturated carbocycles. The fourth-order valence-corrected chi connectivity index (χ4v) is 4.25. The second kappa shape index (κ2) is 8.22. The van der Waals surface area contributed by atoms with Crippen molar-refractivity contribution < 1.29 is 27.1 Å². The zero-order valence-corrected chi connectivity index (χ0v) is 16.9. The van der Waals surface area contributed by atoms with Crippen molar-refractivity contribution in [2.45, 2.75) is 75.9 Å². The third-order valence-corrected chi connectivity index (χ3v) is 5.62. The number of likely N-dealkylation sites (tertiary alicyclic amines) is 1. The Morgan fingerprint density at radius 3 is 2.31 bits per heavy atom. The second-order valence-electron chi connectivity index (χ2n) is 9.00. The normalized spacial score (nSPS) is 28.7. The minimum atomic E-state index is -4.93. The summed E-state index contributed by atoms with van der Waals surface area (Å²) in [5, 5.41) is 2.17. The number of rotatable bonds is 4. The van der Waals surface area contributed by atoms with Crippen LogP contribution < -0.4 is 5.32 Å². The Kier molecular flexibility index (Phi) is 6.24. The lowest BCUT2D eigenvalue weighted by molar-refractivity contribution is -0.175. The number of alkyl halides is 3. The van der Waals surface area contributed by atoms with Crippen LogP contribution in [-0.2, 0) is 9.53 Å². The first-order valence-corrected chi connectivity index (χ1v) is 9.97. The SMILES string of the molecule is CC(C)(C)OC1CC(N2CC[C@H](c3ccc(F)cc3)[C@H](NC(=O)C(F)(F)F)C2)C1. The van der Waals surface area contributed by atoms with Gasteiger partial charge in [-0.2, -0.15) is 13.2 Å². The Morgan fingerprint density at radius 1 is 1.14 bits per heavy atom. The lowest BCUT2D eigenvalue weighted by Gasteiger charge is -2.49. The van der Waals surface area contributed by atoms with Crippen LogP contribution in [0, 0.1) is 5.82 Å². The fraction of sp³-hybridized carbons (Fsp3) is 0.667. The van der Waals surface area contributed by atoms with Crippen LogP contribution in [0.25, 0.3) is 0 Å². The molecule has 2 fully saturated rings. The Morgan fingerprint density at radius 2 is 1.76 bits per heavy atom. The van der Waals surface area contributed by atoms with Gasteiger partial charge in [-0.3, -0.25) is 9.69 Å². The molecule has 0 spiro atoms. The molecule has 1 aromatic rings. The molecule has 29 heavy (non-hydrogen) atoms. The summed E-state index contributed by atoms with van der Waals surface area (Å²) in [5.41, 5.74) is 0.509. The van der Waals surface area contributed by atoms with Gasteiger partial charge < -0.3 is 10.1 Å². The largest absolute Gasteiger partial charge is 0.471 e. The number of carbonyl (C=O) groups is 1. The van der Waals surface area contributed by atoms with Gasteiger partial charge in [0.05, 0.1) is 11.7 Å². The van der Waals surface area contributed by atoms with Crippen LogP contribution >= 0.6 is 0 Å². The molecule has 2 atom stereocenters. The molecule has 1 N–H and O–H groups in total. The summed E-state index contributed by atoms with van der Waals surface area (Å²) in [6.45, 7) is 7.04. The molecular weight excluding hydrogens is 388 g/mol. The van der Waals surface area contributed by atoms with Gasteiger partial charge in [0.25, 0.3) is 0 Å². The van der Waals surface area contributed by atoms with Gasteiger partial charge in [-0.1, -0.05) is 12.1 Å². The van der Waals surface area contributed by atoms with Crippen molar-refractivity contribution in [2.24, 2.45) is 0 Å². The lowest BCUT2D eigenvalue weighted by atomic mass is 9.81. The van der Waals surface area contributed by atoms with E-state index >= 15 is 0 Å². The summed E-state index contributed by atoms with van der Waals surface area (Å²) in [5.74, 6) is -2.62. The number of hydrogen-bond acceptors (Lipinski definition) is 3. The van der Waals surface area contributed by atoms with E-state index < -0.39 is 23.9 Å². The molecule has 0 aromatic heterocycles. The van der Waals surface area contributed by atoms with Crippen LogP contribution in [0.4, 0.5) is 17.6 Å². The lowest BCUT2D eigenvalue weighted by Crippen LogP contribution is -2.59. The zero-order valence-electron chi connectivity index (χ0n) is 16.9. The number of ether oxygens (including phenoxy) is 1. The van der Waals surface area contributed by atoms with E-state index in [9.17, 15) is 22.4 Å². The fourth-order valence-electron chi connectivity index (χ4n) is 4.25. The Bertz CT molecular complexity index is 709. The van der Waals surface area contributed by atoms with Crippen molar-refractivity contribution in [3.8, 4) is 0 Å². The van der Waals surface area contributed by atoms with Crippen molar-refractivity contribution in [1.82, 2.24) is 10.2 Å². The molecule has 1 heterocycles. The molecule has 1 aliphatic heterocycles. The molecule has 0 unspecified atom stereocenters. The van der Waals surface area contributed by atoms with E-state index in [1.165, 1.54) is 12.1 Å². The van der Waals surface area contributed by atoms with E-state index in [1.54, 1.807) is 12.1 Å². The van der Waals surface area contributed by atoms with Crippen molar-refractivity contribution >= 4 is 5.91 Å². The summed E-state index contributed by atoms with van der Waals surface area (Å²) in [7, 11) is 0. The molecule has 1 amide bonds. The van der Waals surface area contributed by atoms with Crippen LogP contribution in [0.1, 0.15) is 51.5 Å². The molecule has 162 valence electrons. The molecule has 1 aromatic carbocycles. The number of carbonyl (C=O) groups excluding carboxylic acids is 1. The average Bonchev–Trinajstić information content (AvgIpc) is 2.57. The van der Waals surface area contributed by atoms with Crippen LogP contribution in [0.3, 0.4) is 0 Å². The second-order valence-corrected chi connectivity index (χ2v) is 9.00. The monoisotopic (exact) mass is 416 g/mol. The van der Waals surface area contributed by atoms with Gasteiger partial charge in [-0.05, 0) is 64.3 Å². The number of amides is 1. The van der Waals surface area contributed by atoms with Crippen molar-refractivity contribution in [3.05, 3.63) is 35.6 Å². The summed E-state index contributed by atoms with van der Waals surface area (Å²) in [6, 6.07) is 5.31. The Labute approximate surface area is 168 Å². The highest BCUT2D eigenvalue weighted by Crippen LogP contribution is 2.36. The number of nitrogens with one attached hydrogen (secondary N) is 1. The Hall–Kier alpha value is -1.67. The van der Waals surface area contributed by atoms with Crippen LogP contribution in [0.5, 0.6) is 0 Å². The smallest absolute Gasteiger partial charge is 0.373 e. The van der Waals surface area contributed by atoms with Gasteiger partial charge in [0.2, 0.25) is 0 Å². The third kappa shape index (κ3) is 5.69. The van der Waals surface area contributed by atoms with E-state index in [0.717, 1.165) is 18.4 Å². The molecule has 4 nitrogen and oxygen atoms in total. The summed E-state index contributed by atoms with van der Waals surface area (Å²) >= 11 is 0. The third-order valence-electron chi connectivity index (χ3n) is 5.62. The average molecular weight is 416 g/mol. The molecule has 1 saturated heterocycles. The van der Waals surface area contributed by atoms with Crippen LogP contribution in [0.15, 0.2) is 24.3 Å². The molecular formula is C21H28F4N2O2.